The number of nitrogens with one attached hydrogen (secondary N) is 3. The molecule has 9 nitrogen and oxygen atoms in total. The zero-order valence-electron chi connectivity index (χ0n) is 19.4. The van der Waals surface area contributed by atoms with Crippen LogP contribution in [-0.2, 0) is 9.59 Å². The molecule has 0 fully saturated rings. The Hall–Kier alpha value is -3.30. The first-order valence-corrected chi connectivity index (χ1v) is 10.8. The van der Waals surface area contributed by atoms with Gasteiger partial charge in [0.05, 0.1) is 23.2 Å². The third-order valence-electron chi connectivity index (χ3n) is 5.71. The maximum atomic E-state index is 11.6. The number of aromatic hydroxyl groups is 1. The van der Waals surface area contributed by atoms with Crippen molar-refractivity contribution in [2.45, 2.75) is 38.8 Å². The summed E-state index contributed by atoms with van der Waals surface area (Å²) in [5.74, 6) is -0.00158. The number of phenolic OH excluding ortho intramolecular Hbond substituents is 1. The standard InChI is InChI=1S/C24H32N4O5/c1-15-5-6-18(25-14-29)20(9-15)28(4)8-7-24(2,3)26-12-21(31)17-10-16(30)11-19-23(17)33-13-22(32)27-19/h5-6,9-11,14,21,26,30-31H,7-8,12-13H2,1-4H3,(H,25,29)(H,27,32). The van der Waals surface area contributed by atoms with E-state index in [-0.39, 0.29) is 30.3 Å². The van der Waals surface area contributed by atoms with Gasteiger partial charge in [0, 0.05) is 37.3 Å². The lowest BCUT2D eigenvalue weighted by atomic mass is 9.98. The Bertz CT molecular complexity index is 1020. The van der Waals surface area contributed by atoms with E-state index in [0.717, 1.165) is 23.4 Å². The third-order valence-corrected chi connectivity index (χ3v) is 5.71. The topological polar surface area (TPSA) is 123 Å². The van der Waals surface area contributed by atoms with Gasteiger partial charge in [0.1, 0.15) is 11.5 Å². The van der Waals surface area contributed by atoms with Crippen molar-refractivity contribution in [1.29, 1.82) is 0 Å². The van der Waals surface area contributed by atoms with Gasteiger partial charge in [-0.05, 0) is 51.0 Å². The minimum Gasteiger partial charge on any atom is -0.508 e. The summed E-state index contributed by atoms with van der Waals surface area (Å²) >= 11 is 0. The van der Waals surface area contributed by atoms with Gasteiger partial charge < -0.3 is 35.8 Å². The number of carbonyl (C=O) groups is 2. The number of ether oxygens (including phenoxy) is 1. The zero-order valence-corrected chi connectivity index (χ0v) is 19.4. The Labute approximate surface area is 193 Å². The highest BCUT2D eigenvalue weighted by Gasteiger charge is 2.26. The molecule has 2 aromatic carbocycles. The molecule has 1 unspecified atom stereocenters. The molecule has 1 atom stereocenters. The van der Waals surface area contributed by atoms with Gasteiger partial charge in [-0.25, -0.2) is 0 Å². The number of hydrogen-bond acceptors (Lipinski definition) is 7. The number of carbonyl (C=O) groups excluding carboxylic acids is 2. The summed E-state index contributed by atoms with van der Waals surface area (Å²) < 4.78 is 5.50. The van der Waals surface area contributed by atoms with Gasteiger partial charge in [-0.2, -0.15) is 0 Å². The zero-order chi connectivity index (χ0) is 24.2. The van der Waals surface area contributed by atoms with Crippen molar-refractivity contribution in [3.05, 3.63) is 41.5 Å². The number of anilines is 3. The van der Waals surface area contributed by atoms with E-state index in [2.05, 4.69) is 20.9 Å². The monoisotopic (exact) mass is 456 g/mol. The fraction of sp³-hybridized carbons (Fsp3) is 0.417. The molecule has 33 heavy (non-hydrogen) atoms. The number of amides is 2. The Kier molecular flexibility index (Phi) is 7.45. The second kappa shape index (κ2) is 10.1. The molecule has 1 aliphatic rings. The first-order chi connectivity index (χ1) is 15.6. The maximum absolute atomic E-state index is 11.6. The molecule has 178 valence electrons. The average molecular weight is 457 g/mol. The molecule has 1 aliphatic heterocycles. The Morgan fingerprint density at radius 2 is 2.06 bits per heavy atom. The summed E-state index contributed by atoms with van der Waals surface area (Å²) in [6.07, 6.45) is 0.484. The van der Waals surface area contributed by atoms with Gasteiger partial charge >= 0.3 is 0 Å². The van der Waals surface area contributed by atoms with E-state index in [0.29, 0.717) is 30.0 Å². The first kappa shape index (κ1) is 24.3. The van der Waals surface area contributed by atoms with Gasteiger partial charge in [-0.3, -0.25) is 9.59 Å². The highest BCUT2D eigenvalue weighted by molar-refractivity contribution is 5.96. The second-order valence-electron chi connectivity index (χ2n) is 8.98. The lowest BCUT2D eigenvalue weighted by Crippen LogP contribution is -2.44. The maximum Gasteiger partial charge on any atom is 0.262 e. The molecule has 9 heteroatoms. The molecule has 2 amide bonds. The number of benzene rings is 2. The fourth-order valence-corrected chi connectivity index (χ4v) is 3.74. The average Bonchev–Trinajstić information content (AvgIpc) is 2.76. The van der Waals surface area contributed by atoms with Gasteiger partial charge in [-0.1, -0.05) is 6.07 Å². The van der Waals surface area contributed by atoms with Crippen LogP contribution in [0.1, 0.15) is 37.5 Å². The van der Waals surface area contributed by atoms with Crippen molar-refractivity contribution in [3.63, 3.8) is 0 Å². The minimum absolute atomic E-state index is 0.0626. The van der Waals surface area contributed by atoms with Gasteiger partial charge in [0.2, 0.25) is 6.41 Å². The van der Waals surface area contributed by atoms with Crippen molar-refractivity contribution < 1.29 is 24.5 Å². The molecule has 5 N–H and O–H groups in total. The molecular weight excluding hydrogens is 424 g/mol. The van der Waals surface area contributed by atoms with E-state index >= 15 is 0 Å². The van der Waals surface area contributed by atoms with Crippen molar-refractivity contribution in [2.24, 2.45) is 0 Å². The van der Waals surface area contributed by atoms with Crippen LogP contribution in [0.15, 0.2) is 30.3 Å². The first-order valence-electron chi connectivity index (χ1n) is 10.8. The lowest BCUT2D eigenvalue weighted by molar-refractivity contribution is -0.118. The number of phenols is 1. The van der Waals surface area contributed by atoms with Gasteiger partial charge in [0.25, 0.3) is 5.91 Å². The van der Waals surface area contributed by atoms with Crippen LogP contribution >= 0.6 is 0 Å². The van der Waals surface area contributed by atoms with Crippen LogP contribution < -0.4 is 25.6 Å². The van der Waals surface area contributed by atoms with Crippen LogP contribution in [0.4, 0.5) is 17.1 Å². The number of aryl methyl sites for hydroxylation is 1. The van der Waals surface area contributed by atoms with Gasteiger partial charge in [-0.15, -0.1) is 0 Å². The molecule has 0 bridgehead atoms. The van der Waals surface area contributed by atoms with E-state index in [4.69, 9.17) is 4.74 Å². The van der Waals surface area contributed by atoms with Crippen molar-refractivity contribution >= 4 is 29.4 Å². The third kappa shape index (κ3) is 6.15. The predicted molar refractivity (Wildman–Crippen MR) is 128 cm³/mol. The predicted octanol–water partition coefficient (Wildman–Crippen LogP) is 2.53. The van der Waals surface area contributed by atoms with Crippen LogP contribution in [0.5, 0.6) is 11.5 Å². The van der Waals surface area contributed by atoms with Crippen LogP contribution in [0.2, 0.25) is 0 Å². The fourth-order valence-electron chi connectivity index (χ4n) is 3.74. The number of aliphatic hydroxyl groups excluding tert-OH is 1. The van der Waals surface area contributed by atoms with Gasteiger partial charge in [0.15, 0.2) is 6.61 Å². The van der Waals surface area contributed by atoms with E-state index in [1.165, 1.54) is 12.1 Å². The van der Waals surface area contributed by atoms with Crippen molar-refractivity contribution in [3.8, 4) is 11.5 Å². The summed E-state index contributed by atoms with van der Waals surface area (Å²) in [5, 5.41) is 29.6. The van der Waals surface area contributed by atoms with E-state index in [9.17, 15) is 19.8 Å². The SMILES string of the molecule is Cc1ccc(NC=O)c(N(C)CCC(C)(C)NCC(O)c2cc(O)cc3c2OCC(=O)N3)c1. The molecule has 0 saturated heterocycles. The molecule has 0 spiro atoms. The molecule has 0 saturated carbocycles. The Balaban J connectivity index is 1.62. The molecule has 0 radical (unpaired) electrons. The number of β-amino-alcohol motifs (C(OH)–C–C–N with tert-alkyl or cyclic N) is 1. The summed E-state index contributed by atoms with van der Waals surface area (Å²) in [5.41, 5.74) is 3.22. The largest absolute Gasteiger partial charge is 0.508 e. The normalized spacial score (nSPS) is 14.0. The van der Waals surface area contributed by atoms with Crippen LogP contribution in [0.25, 0.3) is 0 Å². The van der Waals surface area contributed by atoms with Crippen molar-refractivity contribution in [1.82, 2.24) is 5.32 Å². The number of hydrogen-bond donors (Lipinski definition) is 5. The van der Waals surface area contributed by atoms with Crippen molar-refractivity contribution in [2.75, 3.05) is 42.3 Å². The summed E-state index contributed by atoms with van der Waals surface area (Å²) in [4.78, 5) is 24.6. The Morgan fingerprint density at radius 1 is 1.30 bits per heavy atom. The van der Waals surface area contributed by atoms with Crippen LogP contribution in [0.3, 0.4) is 0 Å². The lowest BCUT2D eigenvalue weighted by Gasteiger charge is -2.32. The van der Waals surface area contributed by atoms with E-state index in [1.54, 1.807) is 0 Å². The molecule has 0 aromatic heterocycles. The number of fused-ring (bicyclic) bond motifs is 1. The molecule has 0 aliphatic carbocycles. The Morgan fingerprint density at radius 3 is 2.79 bits per heavy atom. The quantitative estimate of drug-likeness (QED) is 0.348. The molecule has 3 rings (SSSR count). The van der Waals surface area contributed by atoms with E-state index in [1.807, 2.05) is 46.0 Å². The summed E-state index contributed by atoms with van der Waals surface area (Å²) in [6.45, 7) is 6.90. The second-order valence-corrected chi connectivity index (χ2v) is 8.98. The highest BCUT2D eigenvalue weighted by atomic mass is 16.5. The smallest absolute Gasteiger partial charge is 0.262 e. The number of rotatable bonds is 10. The van der Waals surface area contributed by atoms with E-state index < -0.39 is 6.10 Å². The highest BCUT2D eigenvalue weighted by Crippen LogP contribution is 2.38. The molecular formula is C24H32N4O5. The molecule has 1 heterocycles. The molecule has 2 aromatic rings. The summed E-state index contributed by atoms with van der Waals surface area (Å²) in [6, 6.07) is 8.71. The van der Waals surface area contributed by atoms with Crippen LogP contribution in [0, 0.1) is 6.92 Å². The van der Waals surface area contributed by atoms with Crippen LogP contribution in [-0.4, -0.2) is 54.8 Å². The summed E-state index contributed by atoms with van der Waals surface area (Å²) in [7, 11) is 1.97. The number of nitrogens with zero attached hydrogens (tertiary/aromatic N) is 1. The number of aliphatic hydroxyl groups is 1. The minimum atomic E-state index is -0.946.